The van der Waals surface area contributed by atoms with Crippen LogP contribution >= 0.6 is 0 Å². The molecule has 0 radical (unpaired) electrons. The van der Waals surface area contributed by atoms with Crippen molar-refractivity contribution < 1.29 is 72.9 Å². The van der Waals surface area contributed by atoms with Crippen LogP contribution in [-0.4, -0.2) is 147 Å². The molecule has 0 aliphatic carbocycles. The zero-order valence-corrected chi connectivity index (χ0v) is 49.7. The number of carbonyl (C=O) groups excluding carboxylic acids is 10. The van der Waals surface area contributed by atoms with Crippen LogP contribution in [0.1, 0.15) is 125 Å². The Morgan fingerprint density at radius 1 is 0.476 bits per heavy atom. The summed E-state index contributed by atoms with van der Waals surface area (Å²) in [6.45, 7) is 16.2. The first kappa shape index (κ1) is 71.9. The quantitative estimate of drug-likeness (QED) is 0.0429. The molecule has 26 nitrogen and oxygen atoms in total. The molecule has 2 aromatic rings. The fraction of sp³-hybridized carbons (Fsp3) is 0.586. The molecule has 0 saturated carbocycles. The number of aromatic hydroxyl groups is 1. The van der Waals surface area contributed by atoms with E-state index in [0.717, 1.165) is 0 Å². The van der Waals surface area contributed by atoms with Gasteiger partial charge in [-0.15, -0.1) is 0 Å². The van der Waals surface area contributed by atoms with Crippen molar-refractivity contribution in [1.82, 2.24) is 47.9 Å². The van der Waals surface area contributed by atoms with E-state index in [0.29, 0.717) is 17.5 Å². The third-order valence-corrected chi connectivity index (χ3v) is 13.6. The van der Waals surface area contributed by atoms with Gasteiger partial charge in [0.15, 0.2) is 0 Å². The summed E-state index contributed by atoms with van der Waals surface area (Å²) in [4.78, 5) is 160. The minimum Gasteiger partial charge on any atom is -0.508 e. The highest BCUT2D eigenvalue weighted by Crippen LogP contribution is 2.16. The van der Waals surface area contributed by atoms with Crippen molar-refractivity contribution in [2.45, 2.75) is 181 Å². The third kappa shape index (κ3) is 26.0. The number of hydrogen-bond acceptors (Lipinski definition) is 14. The van der Waals surface area contributed by atoms with E-state index in [1.54, 1.807) is 97.9 Å². The summed E-state index contributed by atoms with van der Waals surface area (Å²) < 4.78 is 0. The van der Waals surface area contributed by atoms with Crippen LogP contribution in [0, 0.1) is 29.6 Å². The molecule has 2 rings (SSSR count). The maximum Gasteiger partial charge on any atom is 0.326 e. The average molecular weight is 1180 g/mol. The van der Waals surface area contributed by atoms with Crippen molar-refractivity contribution in [2.75, 3.05) is 6.54 Å². The molecule has 466 valence electrons. The van der Waals surface area contributed by atoms with E-state index in [1.807, 2.05) is 13.8 Å². The number of primary amides is 1. The number of nitrogens with two attached hydrogens (primary N) is 2. The van der Waals surface area contributed by atoms with Gasteiger partial charge in [-0.05, 0) is 85.0 Å². The summed E-state index contributed by atoms with van der Waals surface area (Å²) in [5.74, 6) is -13.1. The summed E-state index contributed by atoms with van der Waals surface area (Å²) in [7, 11) is 0. The van der Waals surface area contributed by atoms with Crippen molar-refractivity contribution in [2.24, 2.45) is 41.1 Å². The normalized spacial score (nSPS) is 14.8. The molecule has 0 unspecified atom stereocenters. The fourth-order valence-corrected chi connectivity index (χ4v) is 8.66. The Morgan fingerprint density at radius 3 is 1.42 bits per heavy atom. The summed E-state index contributed by atoms with van der Waals surface area (Å²) in [5.41, 5.74) is 12.9. The number of carboxylic acid groups (broad SMARTS) is 2. The Morgan fingerprint density at radius 2 is 0.917 bits per heavy atom. The van der Waals surface area contributed by atoms with Gasteiger partial charge in [0.1, 0.15) is 54.1 Å². The van der Waals surface area contributed by atoms with E-state index < -0.39 is 163 Å². The van der Waals surface area contributed by atoms with E-state index in [-0.39, 0.29) is 56.1 Å². The van der Waals surface area contributed by atoms with Crippen molar-refractivity contribution in [3.05, 3.63) is 65.7 Å². The lowest BCUT2D eigenvalue weighted by Crippen LogP contribution is -2.61. The van der Waals surface area contributed by atoms with Gasteiger partial charge in [0.2, 0.25) is 59.1 Å². The molecule has 0 fully saturated rings. The van der Waals surface area contributed by atoms with E-state index in [2.05, 4.69) is 47.9 Å². The van der Waals surface area contributed by atoms with Gasteiger partial charge in [-0.3, -0.25) is 52.7 Å². The van der Waals surface area contributed by atoms with Crippen LogP contribution in [0.3, 0.4) is 0 Å². The van der Waals surface area contributed by atoms with Crippen molar-refractivity contribution in [3.63, 3.8) is 0 Å². The van der Waals surface area contributed by atoms with E-state index in [4.69, 9.17) is 11.5 Å². The molecule has 26 heteroatoms. The van der Waals surface area contributed by atoms with Gasteiger partial charge >= 0.3 is 11.9 Å². The number of rotatable bonds is 37. The predicted molar refractivity (Wildman–Crippen MR) is 309 cm³/mol. The highest BCUT2D eigenvalue weighted by Gasteiger charge is 2.37. The first-order valence-electron chi connectivity index (χ1n) is 28.3. The van der Waals surface area contributed by atoms with Crippen LogP contribution in [0.4, 0.5) is 0 Å². The van der Waals surface area contributed by atoms with Crippen molar-refractivity contribution in [3.8, 4) is 5.75 Å². The average Bonchev–Trinajstić information content (AvgIpc) is 3.60. The second-order valence-corrected chi connectivity index (χ2v) is 22.6. The molecule has 84 heavy (non-hydrogen) atoms. The second-order valence-electron chi connectivity index (χ2n) is 22.6. The van der Waals surface area contributed by atoms with Crippen LogP contribution in [-0.2, 0) is 70.4 Å². The largest absolute Gasteiger partial charge is 0.508 e. The second kappa shape index (κ2) is 35.7. The Kier molecular flexibility index (Phi) is 30.6. The highest BCUT2D eigenvalue weighted by molar-refractivity contribution is 5.98. The molecule has 0 heterocycles. The first-order chi connectivity index (χ1) is 39.3. The lowest BCUT2D eigenvalue weighted by atomic mass is 9.97. The van der Waals surface area contributed by atoms with Crippen molar-refractivity contribution >= 4 is 71.0 Å². The predicted octanol–water partition coefficient (Wildman–Crippen LogP) is 0.164. The van der Waals surface area contributed by atoms with Crippen LogP contribution in [0.15, 0.2) is 54.6 Å². The Hall–Kier alpha value is -8.16. The standard InChI is InChI=1S/C58H89N11O15/c1-11-34(10)49(57(82)63-40(22-24-46(73)74)53(78)69-48(33(8)9)58(83)84)67-45(72)29-61-51(76)43(28-35-15-13-12-14-16-35)66-56(81)47(32(6)7)68-55(80)42(26-31(4)5)65-52(77)39(21-23-44(60)71)62-54(79)41(25-30(2)3)64-50(75)38(59)27-36-17-19-37(70)20-18-36/h12-20,30-34,38-43,47-49,70H,11,21-29,59H2,1-10H3,(H2,60,71)(H,61,76)(H,62,79)(H,63,82)(H,64,75)(H,65,77)(H,66,81)(H,67,72)(H,68,80)(H,69,78)(H,73,74)(H,83,84)/t34-,38-,39-,40-,41-,42-,43-,47-,48-,49-/m0/s1. The number of nitrogens with one attached hydrogen (secondary N) is 9. The van der Waals surface area contributed by atoms with Gasteiger partial charge in [0, 0.05) is 19.3 Å². The van der Waals surface area contributed by atoms with Crippen LogP contribution in [0.2, 0.25) is 0 Å². The molecule has 0 saturated heterocycles. The molecule has 2 aromatic carbocycles. The minimum absolute atomic E-state index is 0.0243. The number of hydrogen-bond donors (Lipinski definition) is 14. The van der Waals surface area contributed by atoms with Gasteiger partial charge < -0.3 is 74.6 Å². The molecular weight excluding hydrogens is 1090 g/mol. The number of phenols is 1. The third-order valence-electron chi connectivity index (χ3n) is 13.6. The summed E-state index contributed by atoms with van der Waals surface area (Å²) >= 11 is 0. The number of carboxylic acids is 2. The van der Waals surface area contributed by atoms with Gasteiger partial charge in [0.25, 0.3) is 0 Å². The van der Waals surface area contributed by atoms with Gasteiger partial charge in [-0.1, -0.05) is 118 Å². The number of benzene rings is 2. The maximum absolute atomic E-state index is 14.3. The minimum atomic E-state index is -1.50. The van der Waals surface area contributed by atoms with Gasteiger partial charge in [0.05, 0.1) is 12.6 Å². The van der Waals surface area contributed by atoms with E-state index in [9.17, 15) is 72.9 Å². The smallest absolute Gasteiger partial charge is 0.326 e. The van der Waals surface area contributed by atoms with E-state index in [1.165, 1.54) is 12.1 Å². The number of carbonyl (C=O) groups is 12. The van der Waals surface area contributed by atoms with Crippen molar-refractivity contribution in [1.29, 1.82) is 0 Å². The topological polar surface area (TPSA) is 426 Å². The maximum atomic E-state index is 14.3. The Balaban J connectivity index is 2.36. The molecule has 0 aliphatic heterocycles. The SMILES string of the molecule is CC[C@H](C)[C@H](NC(=O)CNC(=O)[C@H](Cc1ccccc1)NC(=O)[C@@H](NC(=O)[C@H](CC(C)C)NC(=O)[C@H](CCC(N)=O)NC(=O)[C@H](CC(C)C)NC(=O)[C@@H](N)Cc1ccc(O)cc1)C(C)C)C(=O)N[C@@H](CCC(=O)O)C(=O)N[C@H](C(=O)O)C(C)C. The fourth-order valence-electron chi connectivity index (χ4n) is 8.66. The van der Waals surface area contributed by atoms with E-state index >= 15 is 0 Å². The van der Waals surface area contributed by atoms with Crippen LogP contribution in [0.25, 0.3) is 0 Å². The molecule has 10 amide bonds. The number of aliphatic carboxylic acids is 2. The molecule has 0 spiro atoms. The molecule has 0 bridgehead atoms. The summed E-state index contributed by atoms with van der Waals surface area (Å²) in [5, 5.41) is 51.7. The van der Waals surface area contributed by atoms with Crippen LogP contribution in [0.5, 0.6) is 5.75 Å². The van der Waals surface area contributed by atoms with Crippen LogP contribution < -0.4 is 59.3 Å². The first-order valence-corrected chi connectivity index (χ1v) is 28.3. The molecule has 0 aromatic heterocycles. The Labute approximate surface area is 490 Å². The molecule has 0 aliphatic rings. The summed E-state index contributed by atoms with van der Waals surface area (Å²) in [6, 6.07) is 2.67. The molecular formula is C58H89N11O15. The zero-order valence-electron chi connectivity index (χ0n) is 49.7. The Bertz CT molecular complexity index is 2560. The lowest BCUT2D eigenvalue weighted by Gasteiger charge is -2.29. The number of amides is 10. The summed E-state index contributed by atoms with van der Waals surface area (Å²) in [6.07, 6.45) is -1.18. The molecule has 10 atom stereocenters. The number of phenolic OH excluding ortho intramolecular Hbond substituents is 1. The van der Waals surface area contributed by atoms with Gasteiger partial charge in [-0.2, -0.15) is 0 Å². The van der Waals surface area contributed by atoms with Gasteiger partial charge in [-0.25, -0.2) is 4.79 Å². The highest BCUT2D eigenvalue weighted by atomic mass is 16.4. The molecule has 16 N–H and O–H groups in total. The zero-order chi connectivity index (χ0) is 63.5. The monoisotopic (exact) mass is 1180 g/mol. The lowest BCUT2D eigenvalue weighted by molar-refractivity contribution is -0.144.